The number of rotatable bonds is 1. The lowest BCUT2D eigenvalue weighted by Crippen LogP contribution is -2.36. The van der Waals surface area contributed by atoms with E-state index in [4.69, 9.17) is 11.6 Å². The molecule has 0 atom stereocenters. The summed E-state index contributed by atoms with van der Waals surface area (Å²) in [6, 6.07) is 3.78. The molecular formula is C13H12ClN3O. The molecule has 1 aliphatic rings. The summed E-state index contributed by atoms with van der Waals surface area (Å²) in [5, 5.41) is 0.526. The smallest absolute Gasteiger partial charge is 0.271 e. The second-order valence-corrected chi connectivity index (χ2v) is 4.74. The van der Waals surface area contributed by atoms with Crippen LogP contribution in [0.3, 0.4) is 0 Å². The maximum absolute atomic E-state index is 12.1. The maximum atomic E-state index is 12.1. The summed E-state index contributed by atoms with van der Waals surface area (Å²) in [5.74, 6) is -0.0217. The molecule has 1 amide bonds. The van der Waals surface area contributed by atoms with Gasteiger partial charge in [-0.2, -0.15) is 0 Å². The van der Waals surface area contributed by atoms with Crippen LogP contribution >= 0.6 is 11.6 Å². The largest absolute Gasteiger partial charge is 0.340 e. The third-order valence-electron chi connectivity index (χ3n) is 3.23. The summed E-state index contributed by atoms with van der Waals surface area (Å²) in [5.41, 5.74) is 2.45. The first-order valence-electron chi connectivity index (χ1n) is 5.73. The van der Waals surface area contributed by atoms with E-state index in [0.29, 0.717) is 17.3 Å². The fourth-order valence-corrected chi connectivity index (χ4v) is 2.54. The van der Waals surface area contributed by atoms with E-state index < -0.39 is 0 Å². The van der Waals surface area contributed by atoms with Crippen molar-refractivity contribution in [3.05, 3.63) is 41.4 Å². The third-order valence-corrected chi connectivity index (χ3v) is 3.62. The summed E-state index contributed by atoms with van der Waals surface area (Å²) >= 11 is 6.35. The van der Waals surface area contributed by atoms with Gasteiger partial charge in [0, 0.05) is 44.3 Å². The molecule has 0 N–H and O–H groups in total. The second-order valence-electron chi connectivity index (χ2n) is 4.36. The number of carbonyl (C=O) groups is 1. The van der Waals surface area contributed by atoms with E-state index in [1.54, 1.807) is 24.3 Å². The van der Waals surface area contributed by atoms with Crippen LogP contribution in [0.5, 0.6) is 0 Å². The lowest BCUT2D eigenvalue weighted by Gasteiger charge is -2.24. The van der Waals surface area contributed by atoms with E-state index in [1.807, 2.05) is 22.9 Å². The van der Waals surface area contributed by atoms with E-state index in [1.165, 1.54) is 0 Å². The molecule has 0 fully saturated rings. The topological polar surface area (TPSA) is 38.1 Å². The van der Waals surface area contributed by atoms with Gasteiger partial charge in [-0.25, -0.2) is 0 Å². The minimum absolute atomic E-state index is 0.0217. The van der Waals surface area contributed by atoms with Crippen LogP contribution < -0.4 is 0 Å². The zero-order chi connectivity index (χ0) is 12.7. The predicted molar refractivity (Wildman–Crippen MR) is 69.6 cm³/mol. The number of amides is 1. The summed E-state index contributed by atoms with van der Waals surface area (Å²) in [4.78, 5) is 17.8. The van der Waals surface area contributed by atoms with Crippen LogP contribution in [-0.4, -0.2) is 34.0 Å². The first-order valence-corrected chi connectivity index (χ1v) is 6.11. The molecule has 0 saturated heterocycles. The maximum Gasteiger partial charge on any atom is 0.271 e. The van der Waals surface area contributed by atoms with Gasteiger partial charge in [-0.3, -0.25) is 9.78 Å². The van der Waals surface area contributed by atoms with Crippen molar-refractivity contribution in [3.63, 3.8) is 0 Å². The molecule has 0 spiro atoms. The molecular weight excluding hydrogens is 250 g/mol. The highest BCUT2D eigenvalue weighted by Gasteiger charge is 2.27. The number of halogens is 1. The minimum Gasteiger partial charge on any atom is -0.340 e. The predicted octanol–water partition coefficient (Wildman–Crippen LogP) is 2.29. The number of pyridine rings is 1. The molecule has 3 rings (SSSR count). The summed E-state index contributed by atoms with van der Waals surface area (Å²) in [6.45, 7) is 1.50. The Morgan fingerprint density at radius 1 is 1.28 bits per heavy atom. The second kappa shape index (κ2) is 4.14. The summed E-state index contributed by atoms with van der Waals surface area (Å²) in [6.07, 6.45) is 5.38. The van der Waals surface area contributed by atoms with Gasteiger partial charge in [-0.1, -0.05) is 11.6 Å². The molecule has 0 radical (unpaired) electrons. The normalized spacial score (nSPS) is 14.8. The molecule has 0 saturated carbocycles. The Morgan fingerprint density at radius 3 is 2.72 bits per heavy atom. The Kier molecular flexibility index (Phi) is 2.59. The minimum atomic E-state index is -0.0217. The van der Waals surface area contributed by atoms with Crippen LogP contribution in [0.4, 0.5) is 0 Å². The lowest BCUT2D eigenvalue weighted by molar-refractivity contribution is 0.0749. The van der Waals surface area contributed by atoms with Gasteiger partial charge in [0.2, 0.25) is 0 Å². The zero-order valence-electron chi connectivity index (χ0n) is 9.93. The summed E-state index contributed by atoms with van der Waals surface area (Å²) in [7, 11) is 1.79. The van der Waals surface area contributed by atoms with Crippen LogP contribution in [0.1, 0.15) is 10.5 Å². The van der Waals surface area contributed by atoms with Crippen molar-refractivity contribution in [2.45, 2.75) is 6.54 Å². The molecule has 0 aromatic carbocycles. The van der Waals surface area contributed by atoms with Crippen LogP contribution in [-0.2, 0) is 6.54 Å². The molecule has 0 unspecified atom stereocenters. The van der Waals surface area contributed by atoms with E-state index in [0.717, 1.165) is 17.7 Å². The zero-order valence-corrected chi connectivity index (χ0v) is 10.7. The SMILES string of the molecule is CN1CCn2cc(-c3ccncc3)c(Cl)c2C1=O. The van der Waals surface area contributed by atoms with Gasteiger partial charge in [0.1, 0.15) is 5.69 Å². The van der Waals surface area contributed by atoms with Crippen LogP contribution in [0.2, 0.25) is 5.02 Å². The van der Waals surface area contributed by atoms with Crippen LogP contribution in [0, 0.1) is 0 Å². The van der Waals surface area contributed by atoms with E-state index >= 15 is 0 Å². The van der Waals surface area contributed by atoms with Gasteiger partial charge in [0.15, 0.2) is 0 Å². The Balaban J connectivity index is 2.16. The number of fused-ring (bicyclic) bond motifs is 1. The molecule has 0 bridgehead atoms. The van der Waals surface area contributed by atoms with Crippen molar-refractivity contribution >= 4 is 17.5 Å². The molecule has 3 heterocycles. The van der Waals surface area contributed by atoms with Crippen molar-refractivity contribution in [2.75, 3.05) is 13.6 Å². The van der Waals surface area contributed by atoms with Crippen LogP contribution in [0.25, 0.3) is 11.1 Å². The van der Waals surface area contributed by atoms with Crippen molar-refractivity contribution in [3.8, 4) is 11.1 Å². The fourth-order valence-electron chi connectivity index (χ4n) is 2.20. The quantitative estimate of drug-likeness (QED) is 0.790. The van der Waals surface area contributed by atoms with Gasteiger partial charge in [-0.05, 0) is 17.7 Å². The van der Waals surface area contributed by atoms with Gasteiger partial charge >= 0.3 is 0 Å². The highest BCUT2D eigenvalue weighted by Crippen LogP contribution is 2.34. The van der Waals surface area contributed by atoms with Crippen molar-refractivity contribution in [2.24, 2.45) is 0 Å². The Morgan fingerprint density at radius 2 is 2.00 bits per heavy atom. The monoisotopic (exact) mass is 261 g/mol. The van der Waals surface area contributed by atoms with Gasteiger partial charge in [0.05, 0.1) is 5.02 Å². The average molecular weight is 262 g/mol. The Hall–Kier alpha value is -1.81. The molecule has 0 aliphatic carbocycles. The molecule has 1 aliphatic heterocycles. The van der Waals surface area contributed by atoms with E-state index in [2.05, 4.69) is 4.98 Å². The van der Waals surface area contributed by atoms with E-state index in [9.17, 15) is 4.79 Å². The first-order chi connectivity index (χ1) is 8.68. The van der Waals surface area contributed by atoms with Crippen molar-refractivity contribution < 1.29 is 4.79 Å². The van der Waals surface area contributed by atoms with Crippen molar-refractivity contribution in [1.29, 1.82) is 0 Å². The number of hydrogen-bond acceptors (Lipinski definition) is 2. The molecule has 2 aromatic heterocycles. The van der Waals surface area contributed by atoms with Gasteiger partial charge in [0.25, 0.3) is 5.91 Å². The number of carbonyl (C=O) groups excluding carboxylic acids is 1. The number of nitrogens with zero attached hydrogens (tertiary/aromatic N) is 3. The van der Waals surface area contributed by atoms with Crippen LogP contribution in [0.15, 0.2) is 30.7 Å². The summed E-state index contributed by atoms with van der Waals surface area (Å²) < 4.78 is 1.93. The standard InChI is InChI=1S/C13H12ClN3O/c1-16-6-7-17-8-10(9-2-4-15-5-3-9)11(14)12(17)13(16)18/h2-5,8H,6-7H2,1H3. The van der Waals surface area contributed by atoms with Crippen molar-refractivity contribution in [1.82, 2.24) is 14.5 Å². The lowest BCUT2D eigenvalue weighted by atomic mass is 10.1. The Labute approximate surface area is 110 Å². The molecule has 4 nitrogen and oxygen atoms in total. The van der Waals surface area contributed by atoms with Gasteiger partial charge in [-0.15, -0.1) is 0 Å². The third kappa shape index (κ3) is 1.61. The number of aromatic nitrogens is 2. The van der Waals surface area contributed by atoms with Gasteiger partial charge < -0.3 is 9.47 Å². The Bertz CT molecular complexity index is 606. The molecule has 92 valence electrons. The number of likely N-dealkylation sites (N-methyl/N-ethyl adjacent to an activating group) is 1. The first kappa shape index (κ1) is 11.3. The highest BCUT2D eigenvalue weighted by molar-refractivity contribution is 6.36. The number of hydrogen-bond donors (Lipinski definition) is 0. The fraction of sp³-hybridized carbons (Fsp3) is 0.231. The highest BCUT2D eigenvalue weighted by atomic mass is 35.5. The van der Waals surface area contributed by atoms with E-state index in [-0.39, 0.29) is 5.91 Å². The molecule has 5 heteroatoms. The average Bonchev–Trinajstić information content (AvgIpc) is 2.73. The molecule has 18 heavy (non-hydrogen) atoms. The molecule has 2 aromatic rings.